The standard InChI is InChI=1S/C25H23NO3/c1-18(16-19-12-14-21(15-13-19)20-8-4-2-5-9-20)25(29)24(26-17-23(27)28)22-10-6-3-7-11-22/h2-15,24,26H,1,16-17H2,(H,27,28). The maximum Gasteiger partial charge on any atom is 0.317 e. The Labute approximate surface area is 170 Å². The number of rotatable bonds is 9. The predicted molar refractivity (Wildman–Crippen MR) is 115 cm³/mol. The molecule has 0 saturated carbocycles. The summed E-state index contributed by atoms with van der Waals surface area (Å²) in [6.45, 7) is 3.67. The molecule has 0 saturated heterocycles. The minimum absolute atomic E-state index is 0.204. The summed E-state index contributed by atoms with van der Waals surface area (Å²) in [5.41, 5.74) is 4.38. The van der Waals surface area contributed by atoms with Crippen molar-refractivity contribution in [2.45, 2.75) is 12.5 Å². The van der Waals surface area contributed by atoms with Crippen LogP contribution in [0.15, 0.2) is 97.1 Å². The van der Waals surface area contributed by atoms with E-state index in [9.17, 15) is 9.59 Å². The normalized spacial score (nSPS) is 11.6. The van der Waals surface area contributed by atoms with Crippen molar-refractivity contribution in [3.8, 4) is 11.1 Å². The minimum atomic E-state index is -1.01. The first-order valence-corrected chi connectivity index (χ1v) is 9.41. The molecule has 4 heteroatoms. The number of benzene rings is 3. The highest BCUT2D eigenvalue weighted by Gasteiger charge is 2.23. The Morgan fingerprint density at radius 2 is 1.38 bits per heavy atom. The summed E-state index contributed by atoms with van der Waals surface area (Å²) in [5.74, 6) is -1.22. The molecule has 0 fully saturated rings. The van der Waals surface area contributed by atoms with Gasteiger partial charge < -0.3 is 5.11 Å². The van der Waals surface area contributed by atoms with Gasteiger partial charge >= 0.3 is 5.97 Å². The highest BCUT2D eigenvalue weighted by Crippen LogP contribution is 2.22. The Hall–Kier alpha value is -3.50. The highest BCUT2D eigenvalue weighted by atomic mass is 16.4. The fraction of sp³-hybridized carbons (Fsp3) is 0.120. The van der Waals surface area contributed by atoms with Crippen molar-refractivity contribution < 1.29 is 14.7 Å². The zero-order chi connectivity index (χ0) is 20.6. The van der Waals surface area contributed by atoms with Crippen LogP contribution < -0.4 is 5.32 Å². The van der Waals surface area contributed by atoms with E-state index in [2.05, 4.69) is 24.0 Å². The lowest BCUT2D eigenvalue weighted by Crippen LogP contribution is -2.33. The monoisotopic (exact) mass is 385 g/mol. The summed E-state index contributed by atoms with van der Waals surface area (Å²) in [6, 6.07) is 26.5. The zero-order valence-corrected chi connectivity index (χ0v) is 16.0. The first-order chi connectivity index (χ1) is 14.0. The summed E-state index contributed by atoms with van der Waals surface area (Å²) >= 11 is 0. The van der Waals surface area contributed by atoms with Gasteiger partial charge in [0, 0.05) is 6.42 Å². The summed E-state index contributed by atoms with van der Waals surface area (Å²) in [5, 5.41) is 11.8. The number of carbonyl (C=O) groups is 2. The SMILES string of the molecule is C=C(Cc1ccc(-c2ccccc2)cc1)C(=O)C(NCC(=O)O)c1ccccc1. The van der Waals surface area contributed by atoms with Crippen molar-refractivity contribution in [1.29, 1.82) is 0 Å². The van der Waals surface area contributed by atoms with Gasteiger partial charge in [-0.3, -0.25) is 14.9 Å². The molecule has 4 nitrogen and oxygen atoms in total. The second-order valence-corrected chi connectivity index (χ2v) is 6.83. The van der Waals surface area contributed by atoms with Crippen LogP contribution in [0.3, 0.4) is 0 Å². The van der Waals surface area contributed by atoms with Crippen molar-refractivity contribution >= 4 is 11.8 Å². The predicted octanol–water partition coefficient (Wildman–Crippen LogP) is 4.44. The van der Waals surface area contributed by atoms with E-state index in [4.69, 9.17) is 5.11 Å². The molecule has 29 heavy (non-hydrogen) atoms. The molecule has 0 heterocycles. The third-order valence-electron chi connectivity index (χ3n) is 4.68. The molecule has 0 radical (unpaired) electrons. The van der Waals surface area contributed by atoms with Crippen LogP contribution in [-0.2, 0) is 16.0 Å². The van der Waals surface area contributed by atoms with Gasteiger partial charge in [0.05, 0.1) is 12.6 Å². The van der Waals surface area contributed by atoms with Crippen molar-refractivity contribution in [3.63, 3.8) is 0 Å². The highest BCUT2D eigenvalue weighted by molar-refractivity contribution is 6.00. The fourth-order valence-corrected chi connectivity index (χ4v) is 3.18. The van der Waals surface area contributed by atoms with E-state index in [0.29, 0.717) is 12.0 Å². The minimum Gasteiger partial charge on any atom is -0.480 e. The smallest absolute Gasteiger partial charge is 0.317 e. The van der Waals surface area contributed by atoms with Crippen LogP contribution in [0.25, 0.3) is 11.1 Å². The molecule has 0 aromatic heterocycles. The number of nitrogens with one attached hydrogen (secondary N) is 1. The number of carboxylic acids is 1. The lowest BCUT2D eigenvalue weighted by molar-refractivity contribution is -0.136. The number of carbonyl (C=O) groups excluding carboxylic acids is 1. The summed E-state index contributed by atoms with van der Waals surface area (Å²) in [6.07, 6.45) is 0.409. The molecule has 0 aliphatic rings. The van der Waals surface area contributed by atoms with Crippen LogP contribution in [0.1, 0.15) is 17.2 Å². The third kappa shape index (κ3) is 5.50. The molecule has 3 rings (SSSR count). The molecule has 0 aliphatic carbocycles. The number of aliphatic carboxylic acids is 1. The molecule has 3 aromatic rings. The van der Waals surface area contributed by atoms with Crippen molar-refractivity contribution in [2.24, 2.45) is 0 Å². The summed E-state index contributed by atoms with van der Waals surface area (Å²) < 4.78 is 0. The van der Waals surface area contributed by atoms with E-state index in [1.807, 2.05) is 60.7 Å². The Morgan fingerprint density at radius 1 is 0.828 bits per heavy atom. The third-order valence-corrected chi connectivity index (χ3v) is 4.68. The largest absolute Gasteiger partial charge is 0.480 e. The maximum absolute atomic E-state index is 13.0. The van der Waals surface area contributed by atoms with Gasteiger partial charge in [-0.2, -0.15) is 0 Å². The van der Waals surface area contributed by atoms with Crippen molar-refractivity contribution in [3.05, 3.63) is 108 Å². The zero-order valence-electron chi connectivity index (χ0n) is 16.0. The molecule has 146 valence electrons. The summed E-state index contributed by atoms with van der Waals surface area (Å²) in [4.78, 5) is 24.0. The Bertz CT molecular complexity index is 980. The van der Waals surface area contributed by atoms with E-state index >= 15 is 0 Å². The van der Waals surface area contributed by atoms with Gasteiger partial charge in [-0.05, 0) is 27.8 Å². The Morgan fingerprint density at radius 3 is 1.97 bits per heavy atom. The molecule has 0 amide bonds. The van der Waals surface area contributed by atoms with Crippen LogP contribution >= 0.6 is 0 Å². The molecular formula is C25H23NO3. The molecular weight excluding hydrogens is 362 g/mol. The molecule has 0 spiro atoms. The van der Waals surface area contributed by atoms with E-state index in [1.165, 1.54) is 0 Å². The second kappa shape index (κ2) is 9.62. The van der Waals surface area contributed by atoms with Crippen LogP contribution in [0, 0.1) is 0 Å². The average molecular weight is 385 g/mol. The molecule has 1 unspecified atom stereocenters. The Balaban J connectivity index is 1.72. The second-order valence-electron chi connectivity index (χ2n) is 6.83. The lowest BCUT2D eigenvalue weighted by Gasteiger charge is -2.18. The first kappa shape index (κ1) is 20.2. The van der Waals surface area contributed by atoms with Gasteiger partial charge in [0.2, 0.25) is 0 Å². The van der Waals surface area contributed by atoms with Gasteiger partial charge in [-0.1, -0.05) is 91.5 Å². The number of Topliss-reactive ketones (excluding diaryl/α,β-unsaturated/α-hetero) is 1. The number of hydrogen-bond acceptors (Lipinski definition) is 3. The first-order valence-electron chi connectivity index (χ1n) is 9.41. The van der Waals surface area contributed by atoms with E-state index in [0.717, 1.165) is 22.3 Å². The molecule has 2 N–H and O–H groups in total. The van der Waals surface area contributed by atoms with Crippen LogP contribution in [-0.4, -0.2) is 23.4 Å². The number of ketones is 1. The van der Waals surface area contributed by atoms with Crippen molar-refractivity contribution in [2.75, 3.05) is 6.54 Å². The molecule has 0 aliphatic heterocycles. The van der Waals surface area contributed by atoms with E-state index in [1.54, 1.807) is 12.1 Å². The molecule has 0 bridgehead atoms. The maximum atomic E-state index is 13.0. The molecule has 1 atom stereocenters. The van der Waals surface area contributed by atoms with Gasteiger partial charge in [0.15, 0.2) is 5.78 Å². The molecule has 3 aromatic carbocycles. The fourth-order valence-electron chi connectivity index (χ4n) is 3.18. The number of carboxylic acid groups (broad SMARTS) is 1. The summed E-state index contributed by atoms with van der Waals surface area (Å²) in [7, 11) is 0. The van der Waals surface area contributed by atoms with Crippen LogP contribution in [0.2, 0.25) is 0 Å². The van der Waals surface area contributed by atoms with Crippen LogP contribution in [0.5, 0.6) is 0 Å². The lowest BCUT2D eigenvalue weighted by atomic mass is 9.93. The number of hydrogen-bond donors (Lipinski definition) is 2. The average Bonchev–Trinajstić information content (AvgIpc) is 2.75. The van der Waals surface area contributed by atoms with E-state index < -0.39 is 12.0 Å². The Kier molecular flexibility index (Phi) is 6.72. The quantitative estimate of drug-likeness (QED) is 0.535. The van der Waals surface area contributed by atoms with Gasteiger partial charge in [0.1, 0.15) is 0 Å². The van der Waals surface area contributed by atoms with Gasteiger partial charge in [-0.25, -0.2) is 0 Å². The topological polar surface area (TPSA) is 66.4 Å². The van der Waals surface area contributed by atoms with Crippen LogP contribution in [0.4, 0.5) is 0 Å². The van der Waals surface area contributed by atoms with Gasteiger partial charge in [0.25, 0.3) is 0 Å². The van der Waals surface area contributed by atoms with Crippen molar-refractivity contribution in [1.82, 2.24) is 5.32 Å². The van der Waals surface area contributed by atoms with E-state index in [-0.39, 0.29) is 12.3 Å². The van der Waals surface area contributed by atoms with Gasteiger partial charge in [-0.15, -0.1) is 0 Å².